The summed E-state index contributed by atoms with van der Waals surface area (Å²) in [4.78, 5) is 26.9. The number of carbonyl (C=O) groups is 2. The second-order valence-electron chi connectivity index (χ2n) is 7.26. The minimum Gasteiger partial charge on any atom is -0.462 e. The molecule has 0 radical (unpaired) electrons. The topological polar surface area (TPSA) is 59.8 Å². The van der Waals surface area contributed by atoms with Crippen LogP contribution in [0.3, 0.4) is 0 Å². The zero-order valence-corrected chi connectivity index (χ0v) is 20.1. The van der Waals surface area contributed by atoms with Gasteiger partial charge in [0.25, 0.3) is 5.91 Å². The molecule has 1 fully saturated rings. The van der Waals surface area contributed by atoms with Crippen molar-refractivity contribution in [1.29, 1.82) is 0 Å². The molecule has 1 saturated heterocycles. The molecule has 0 N–H and O–H groups in total. The van der Waals surface area contributed by atoms with E-state index in [4.69, 9.17) is 33.0 Å². The molecule has 0 atom stereocenters. The highest BCUT2D eigenvalue weighted by Crippen LogP contribution is 2.37. The smallest absolute Gasteiger partial charge is 0.338 e. The van der Waals surface area contributed by atoms with Gasteiger partial charge in [-0.2, -0.15) is 0 Å². The maximum absolute atomic E-state index is 12.9. The van der Waals surface area contributed by atoms with Crippen LogP contribution in [0, 0.1) is 0 Å². The highest BCUT2D eigenvalue weighted by molar-refractivity contribution is 8.27. The number of anilines is 1. The van der Waals surface area contributed by atoms with Crippen LogP contribution < -0.4 is 4.90 Å². The van der Waals surface area contributed by atoms with Gasteiger partial charge in [0, 0.05) is 16.7 Å². The summed E-state index contributed by atoms with van der Waals surface area (Å²) in [6.45, 7) is 2.46. The second-order valence-corrected chi connectivity index (χ2v) is 9.37. The monoisotopic (exact) mass is 497 g/mol. The number of furan rings is 1. The number of nitrogens with zero attached hydrogens (tertiary/aromatic N) is 1. The van der Waals surface area contributed by atoms with E-state index in [-0.39, 0.29) is 11.9 Å². The van der Waals surface area contributed by atoms with Crippen LogP contribution in [0.25, 0.3) is 17.4 Å². The van der Waals surface area contributed by atoms with Gasteiger partial charge in [0.2, 0.25) is 0 Å². The Bertz CT molecular complexity index is 1220. The summed E-state index contributed by atoms with van der Waals surface area (Å²) in [7, 11) is 0. The predicted molar refractivity (Wildman–Crippen MR) is 136 cm³/mol. The number of thioether (sulfide) groups is 1. The molecule has 8 heteroatoms. The minimum absolute atomic E-state index is 0.212. The lowest BCUT2D eigenvalue weighted by Crippen LogP contribution is -2.27. The van der Waals surface area contributed by atoms with Crippen molar-refractivity contribution in [3.8, 4) is 11.3 Å². The van der Waals surface area contributed by atoms with Crippen molar-refractivity contribution in [1.82, 2.24) is 0 Å². The largest absolute Gasteiger partial charge is 0.462 e. The molecule has 2 heterocycles. The molecule has 0 saturated carbocycles. The Hall–Kier alpha value is -2.87. The van der Waals surface area contributed by atoms with Gasteiger partial charge in [-0.15, -0.1) is 0 Å². The summed E-state index contributed by atoms with van der Waals surface area (Å²) in [6, 6.07) is 17.6. The Morgan fingerprint density at radius 3 is 2.55 bits per heavy atom. The van der Waals surface area contributed by atoms with E-state index in [2.05, 4.69) is 0 Å². The van der Waals surface area contributed by atoms with E-state index in [9.17, 15) is 9.59 Å². The van der Waals surface area contributed by atoms with Gasteiger partial charge >= 0.3 is 5.97 Å². The molecule has 3 aromatic rings. The van der Waals surface area contributed by atoms with Gasteiger partial charge in [-0.1, -0.05) is 61.1 Å². The van der Waals surface area contributed by atoms with Crippen molar-refractivity contribution in [2.45, 2.75) is 19.8 Å². The van der Waals surface area contributed by atoms with Crippen LogP contribution in [0.2, 0.25) is 5.02 Å². The molecule has 5 nitrogen and oxygen atoms in total. The zero-order chi connectivity index (χ0) is 23.4. The minimum atomic E-state index is -0.335. The first kappa shape index (κ1) is 23.3. The third-order valence-electron chi connectivity index (χ3n) is 4.91. The van der Waals surface area contributed by atoms with Crippen molar-refractivity contribution in [3.05, 3.63) is 81.9 Å². The second kappa shape index (κ2) is 10.4. The van der Waals surface area contributed by atoms with Crippen molar-refractivity contribution in [2.75, 3.05) is 11.5 Å². The van der Waals surface area contributed by atoms with Gasteiger partial charge in [0.15, 0.2) is 4.32 Å². The third-order valence-corrected chi connectivity index (χ3v) is 6.47. The van der Waals surface area contributed by atoms with E-state index in [0.29, 0.717) is 43.6 Å². The van der Waals surface area contributed by atoms with Gasteiger partial charge in [0.05, 0.1) is 22.8 Å². The first-order chi connectivity index (χ1) is 16.0. The number of amides is 1. The number of unbranched alkanes of at least 4 members (excludes halogenated alkanes) is 1. The van der Waals surface area contributed by atoms with E-state index in [0.717, 1.165) is 18.4 Å². The van der Waals surface area contributed by atoms with E-state index >= 15 is 0 Å². The highest BCUT2D eigenvalue weighted by Gasteiger charge is 2.33. The average molecular weight is 498 g/mol. The highest BCUT2D eigenvalue weighted by atomic mass is 35.5. The van der Waals surface area contributed by atoms with Gasteiger partial charge in [-0.25, -0.2) is 4.79 Å². The van der Waals surface area contributed by atoms with Crippen LogP contribution in [0.5, 0.6) is 0 Å². The predicted octanol–water partition coefficient (Wildman–Crippen LogP) is 6.96. The Balaban J connectivity index is 1.47. The zero-order valence-electron chi connectivity index (χ0n) is 17.7. The van der Waals surface area contributed by atoms with Crippen molar-refractivity contribution >= 4 is 63.5 Å². The number of ether oxygens (including phenoxy) is 1. The summed E-state index contributed by atoms with van der Waals surface area (Å²) >= 11 is 12.6. The SMILES string of the molecule is CCCCOC(=O)c1ccc(-c2ccc(/C=C3\SC(=S)N(c4ccc(Cl)cc4)C3=O)o2)cc1. The number of halogens is 1. The molecule has 1 aliphatic heterocycles. The first-order valence-electron chi connectivity index (χ1n) is 10.4. The molecule has 0 spiro atoms. The molecule has 4 rings (SSSR count). The summed E-state index contributed by atoms with van der Waals surface area (Å²) in [5.41, 5.74) is 1.97. The summed E-state index contributed by atoms with van der Waals surface area (Å²) in [6.07, 6.45) is 3.49. The van der Waals surface area contributed by atoms with Crippen LogP contribution >= 0.6 is 35.6 Å². The quantitative estimate of drug-likeness (QED) is 0.152. The Morgan fingerprint density at radius 2 is 1.85 bits per heavy atom. The van der Waals surface area contributed by atoms with Crippen molar-refractivity contribution in [3.63, 3.8) is 0 Å². The summed E-state index contributed by atoms with van der Waals surface area (Å²) < 4.78 is 11.6. The fraction of sp³-hybridized carbons (Fsp3) is 0.160. The van der Waals surface area contributed by atoms with Crippen LogP contribution in [0.1, 0.15) is 35.9 Å². The standard InChI is InChI=1S/C25H20ClNO4S2/c1-2-3-14-30-24(29)17-6-4-16(5-7-17)21-13-12-20(31-21)15-22-23(28)27(25(32)33-22)19-10-8-18(26)9-11-19/h4-13,15H,2-3,14H2,1H3/b22-15-. The number of benzene rings is 2. The molecule has 33 heavy (non-hydrogen) atoms. The normalized spacial score (nSPS) is 14.8. The number of hydrogen-bond donors (Lipinski definition) is 0. The number of carbonyl (C=O) groups excluding carboxylic acids is 2. The molecule has 168 valence electrons. The Kier molecular flexibility index (Phi) is 7.33. The maximum atomic E-state index is 12.9. The van der Waals surface area contributed by atoms with Crippen LogP contribution in [0.4, 0.5) is 5.69 Å². The molecule has 0 aliphatic carbocycles. The van der Waals surface area contributed by atoms with Crippen LogP contribution in [-0.2, 0) is 9.53 Å². The molecule has 1 aliphatic rings. The van der Waals surface area contributed by atoms with Crippen LogP contribution in [-0.4, -0.2) is 22.8 Å². The molecule has 0 unspecified atom stereocenters. The molecular formula is C25H20ClNO4S2. The van der Waals surface area contributed by atoms with Gasteiger partial charge < -0.3 is 9.15 Å². The number of hydrogen-bond acceptors (Lipinski definition) is 6. The molecule has 1 aromatic heterocycles. The van der Waals surface area contributed by atoms with E-state index in [1.54, 1.807) is 60.7 Å². The molecular weight excluding hydrogens is 478 g/mol. The third kappa shape index (κ3) is 5.38. The summed E-state index contributed by atoms with van der Waals surface area (Å²) in [5.74, 6) is 0.610. The van der Waals surface area contributed by atoms with E-state index < -0.39 is 0 Å². The molecule has 1 amide bonds. The van der Waals surface area contributed by atoms with E-state index in [1.807, 2.05) is 13.0 Å². The van der Waals surface area contributed by atoms with Crippen LogP contribution in [0.15, 0.2) is 70.0 Å². The lowest BCUT2D eigenvalue weighted by atomic mass is 10.1. The number of thiocarbonyl (C=S) groups is 1. The fourth-order valence-electron chi connectivity index (χ4n) is 3.16. The number of esters is 1. The van der Waals surface area contributed by atoms with Crippen molar-refractivity contribution < 1.29 is 18.7 Å². The van der Waals surface area contributed by atoms with Gasteiger partial charge in [-0.3, -0.25) is 9.69 Å². The summed E-state index contributed by atoms with van der Waals surface area (Å²) in [5, 5.41) is 0.587. The first-order valence-corrected chi connectivity index (χ1v) is 12.0. The molecule has 2 aromatic carbocycles. The van der Waals surface area contributed by atoms with Gasteiger partial charge in [-0.05, 0) is 55.0 Å². The lowest BCUT2D eigenvalue weighted by molar-refractivity contribution is -0.113. The van der Waals surface area contributed by atoms with Gasteiger partial charge in [0.1, 0.15) is 11.5 Å². The lowest BCUT2D eigenvalue weighted by Gasteiger charge is -2.14. The average Bonchev–Trinajstić information content (AvgIpc) is 3.39. The maximum Gasteiger partial charge on any atom is 0.338 e. The Labute approximate surface area is 206 Å². The molecule has 0 bridgehead atoms. The number of rotatable bonds is 7. The van der Waals surface area contributed by atoms with E-state index in [1.165, 1.54) is 16.7 Å². The fourth-order valence-corrected chi connectivity index (χ4v) is 4.56. The van der Waals surface area contributed by atoms with Crippen molar-refractivity contribution in [2.24, 2.45) is 0 Å². The Morgan fingerprint density at radius 1 is 1.12 bits per heavy atom.